The van der Waals surface area contributed by atoms with Crippen LogP contribution >= 0.6 is 0 Å². The molecular formula is C13H30N2O. The summed E-state index contributed by atoms with van der Waals surface area (Å²) < 4.78 is 5.57. The number of unbranched alkanes of at least 4 members (excludes halogenated alkanes) is 3. The number of hydrogen-bond acceptors (Lipinski definition) is 3. The molecule has 0 aliphatic heterocycles. The second kappa shape index (κ2) is 12.9. The van der Waals surface area contributed by atoms with Gasteiger partial charge in [-0.05, 0) is 53.0 Å². The minimum atomic E-state index is 0.912. The SMILES string of the molecule is CCNCCCCCCOCCCN(C)C. The third-order valence-corrected chi connectivity index (χ3v) is 2.54. The Morgan fingerprint density at radius 3 is 2.31 bits per heavy atom. The summed E-state index contributed by atoms with van der Waals surface area (Å²) in [7, 11) is 4.20. The molecule has 0 aromatic heterocycles. The zero-order valence-electron chi connectivity index (χ0n) is 11.4. The van der Waals surface area contributed by atoms with Crippen molar-refractivity contribution in [2.24, 2.45) is 0 Å². The molecule has 0 spiro atoms. The normalized spacial score (nSPS) is 11.2. The molecule has 0 atom stereocenters. The molecule has 0 bridgehead atoms. The van der Waals surface area contributed by atoms with E-state index < -0.39 is 0 Å². The van der Waals surface area contributed by atoms with E-state index in [0.29, 0.717) is 0 Å². The van der Waals surface area contributed by atoms with Crippen molar-refractivity contribution >= 4 is 0 Å². The molecule has 0 rings (SSSR count). The summed E-state index contributed by atoms with van der Waals surface area (Å²) in [6.45, 7) is 7.39. The van der Waals surface area contributed by atoms with Gasteiger partial charge in [0.2, 0.25) is 0 Å². The average Bonchev–Trinajstić information content (AvgIpc) is 2.25. The third-order valence-electron chi connectivity index (χ3n) is 2.54. The van der Waals surface area contributed by atoms with Crippen molar-refractivity contribution < 1.29 is 4.74 Å². The third kappa shape index (κ3) is 13.9. The molecule has 0 saturated carbocycles. The Balaban J connectivity index is 2.88. The molecule has 3 heteroatoms. The highest BCUT2D eigenvalue weighted by atomic mass is 16.5. The zero-order valence-corrected chi connectivity index (χ0v) is 11.4. The summed E-state index contributed by atoms with van der Waals surface area (Å²) in [5.74, 6) is 0. The molecule has 0 unspecified atom stereocenters. The molecule has 0 aliphatic carbocycles. The van der Waals surface area contributed by atoms with Gasteiger partial charge < -0.3 is 15.0 Å². The number of hydrogen-bond donors (Lipinski definition) is 1. The number of rotatable bonds is 12. The lowest BCUT2D eigenvalue weighted by Gasteiger charge is -2.09. The highest BCUT2D eigenvalue weighted by Gasteiger charge is 1.93. The minimum Gasteiger partial charge on any atom is -0.381 e. The molecule has 0 aliphatic rings. The smallest absolute Gasteiger partial charge is 0.0478 e. The lowest BCUT2D eigenvalue weighted by atomic mass is 10.2. The predicted molar refractivity (Wildman–Crippen MR) is 71.0 cm³/mol. The maximum absolute atomic E-state index is 5.57. The van der Waals surface area contributed by atoms with E-state index in [2.05, 4.69) is 31.2 Å². The topological polar surface area (TPSA) is 24.5 Å². The van der Waals surface area contributed by atoms with Crippen molar-refractivity contribution in [2.45, 2.75) is 39.0 Å². The van der Waals surface area contributed by atoms with E-state index in [4.69, 9.17) is 4.74 Å². The van der Waals surface area contributed by atoms with Gasteiger partial charge in [0, 0.05) is 13.2 Å². The van der Waals surface area contributed by atoms with E-state index >= 15 is 0 Å². The van der Waals surface area contributed by atoms with Gasteiger partial charge >= 0.3 is 0 Å². The van der Waals surface area contributed by atoms with Crippen molar-refractivity contribution in [1.82, 2.24) is 10.2 Å². The van der Waals surface area contributed by atoms with Gasteiger partial charge in [0.05, 0.1) is 0 Å². The fourth-order valence-corrected chi connectivity index (χ4v) is 1.57. The summed E-state index contributed by atoms with van der Waals surface area (Å²) in [6.07, 6.45) is 6.29. The van der Waals surface area contributed by atoms with E-state index in [0.717, 1.165) is 32.7 Å². The molecule has 0 saturated heterocycles. The lowest BCUT2D eigenvalue weighted by Crippen LogP contribution is -2.15. The van der Waals surface area contributed by atoms with Crippen LogP contribution < -0.4 is 5.32 Å². The van der Waals surface area contributed by atoms with Crippen LogP contribution in [0, 0.1) is 0 Å². The van der Waals surface area contributed by atoms with Gasteiger partial charge in [-0.25, -0.2) is 0 Å². The zero-order chi connectivity index (χ0) is 12.1. The first-order valence-electron chi connectivity index (χ1n) is 6.70. The van der Waals surface area contributed by atoms with Gasteiger partial charge in [-0.1, -0.05) is 19.8 Å². The van der Waals surface area contributed by atoms with E-state index in [-0.39, 0.29) is 0 Å². The maximum atomic E-state index is 5.57. The van der Waals surface area contributed by atoms with Gasteiger partial charge in [-0.3, -0.25) is 0 Å². The van der Waals surface area contributed by atoms with Crippen LogP contribution in [0.15, 0.2) is 0 Å². The lowest BCUT2D eigenvalue weighted by molar-refractivity contribution is 0.122. The molecule has 3 nitrogen and oxygen atoms in total. The summed E-state index contributed by atoms with van der Waals surface area (Å²) in [5.41, 5.74) is 0. The molecule has 0 amide bonds. The maximum Gasteiger partial charge on any atom is 0.0478 e. The van der Waals surface area contributed by atoms with E-state index in [1.54, 1.807) is 0 Å². The van der Waals surface area contributed by atoms with Gasteiger partial charge in [0.25, 0.3) is 0 Å². The molecule has 0 heterocycles. The molecular weight excluding hydrogens is 200 g/mol. The number of nitrogens with one attached hydrogen (secondary N) is 1. The van der Waals surface area contributed by atoms with Crippen LogP contribution in [0.4, 0.5) is 0 Å². The van der Waals surface area contributed by atoms with Crippen LogP contribution in [-0.4, -0.2) is 51.8 Å². The summed E-state index contributed by atoms with van der Waals surface area (Å²) in [6, 6.07) is 0. The van der Waals surface area contributed by atoms with Crippen molar-refractivity contribution in [3.63, 3.8) is 0 Å². The average molecular weight is 230 g/mol. The Morgan fingerprint density at radius 1 is 0.938 bits per heavy atom. The summed E-state index contributed by atoms with van der Waals surface area (Å²) in [4.78, 5) is 2.20. The van der Waals surface area contributed by atoms with Crippen LogP contribution in [0.25, 0.3) is 0 Å². The molecule has 16 heavy (non-hydrogen) atoms. The fraction of sp³-hybridized carbons (Fsp3) is 1.00. The minimum absolute atomic E-state index is 0.912. The van der Waals surface area contributed by atoms with E-state index in [1.807, 2.05) is 0 Å². The first-order chi connectivity index (χ1) is 7.77. The largest absolute Gasteiger partial charge is 0.381 e. The first kappa shape index (κ1) is 15.9. The first-order valence-corrected chi connectivity index (χ1v) is 6.70. The molecule has 0 aromatic rings. The van der Waals surface area contributed by atoms with Crippen LogP contribution in [0.3, 0.4) is 0 Å². The van der Waals surface area contributed by atoms with Gasteiger partial charge in [0.1, 0.15) is 0 Å². The standard InChI is InChI=1S/C13H30N2O/c1-4-14-10-7-5-6-8-12-16-13-9-11-15(2)3/h14H,4-13H2,1-3H3. The second-order valence-corrected chi connectivity index (χ2v) is 4.54. The second-order valence-electron chi connectivity index (χ2n) is 4.54. The van der Waals surface area contributed by atoms with Gasteiger partial charge in [0.15, 0.2) is 0 Å². The molecule has 0 radical (unpaired) electrons. The monoisotopic (exact) mass is 230 g/mol. The Morgan fingerprint density at radius 2 is 1.62 bits per heavy atom. The van der Waals surface area contributed by atoms with Gasteiger partial charge in [-0.2, -0.15) is 0 Å². The van der Waals surface area contributed by atoms with Crippen LogP contribution in [0.2, 0.25) is 0 Å². The van der Waals surface area contributed by atoms with Crippen LogP contribution in [-0.2, 0) is 4.74 Å². The highest BCUT2D eigenvalue weighted by Crippen LogP contribution is 1.99. The van der Waals surface area contributed by atoms with Crippen LogP contribution in [0.5, 0.6) is 0 Å². The quantitative estimate of drug-likeness (QED) is 0.520. The Bertz CT molecular complexity index is 129. The van der Waals surface area contributed by atoms with Crippen molar-refractivity contribution in [3.05, 3.63) is 0 Å². The predicted octanol–water partition coefficient (Wildman–Crippen LogP) is 2.12. The Labute approximate surface area is 102 Å². The Kier molecular flexibility index (Phi) is 12.9. The van der Waals surface area contributed by atoms with Crippen molar-refractivity contribution in [1.29, 1.82) is 0 Å². The van der Waals surface area contributed by atoms with Crippen molar-refractivity contribution in [3.8, 4) is 0 Å². The number of ether oxygens (including phenoxy) is 1. The van der Waals surface area contributed by atoms with E-state index in [1.165, 1.54) is 32.2 Å². The summed E-state index contributed by atoms with van der Waals surface area (Å²) in [5, 5.41) is 3.34. The van der Waals surface area contributed by atoms with E-state index in [9.17, 15) is 0 Å². The number of nitrogens with zero attached hydrogens (tertiary/aromatic N) is 1. The van der Waals surface area contributed by atoms with Gasteiger partial charge in [-0.15, -0.1) is 0 Å². The highest BCUT2D eigenvalue weighted by molar-refractivity contribution is 4.47. The van der Waals surface area contributed by atoms with Crippen molar-refractivity contribution in [2.75, 3.05) is 46.9 Å². The molecule has 0 fully saturated rings. The molecule has 0 aromatic carbocycles. The van der Waals surface area contributed by atoms with Crippen LogP contribution in [0.1, 0.15) is 39.0 Å². The Hall–Kier alpha value is -0.120. The molecule has 98 valence electrons. The molecule has 1 N–H and O–H groups in total. The summed E-state index contributed by atoms with van der Waals surface area (Å²) >= 11 is 0. The fourth-order valence-electron chi connectivity index (χ4n) is 1.57.